The van der Waals surface area contributed by atoms with Crippen LogP contribution < -0.4 is 10.2 Å². The van der Waals surface area contributed by atoms with Gasteiger partial charge in [-0.2, -0.15) is 5.26 Å². The van der Waals surface area contributed by atoms with Gasteiger partial charge in [0, 0.05) is 12.7 Å². The lowest BCUT2D eigenvalue weighted by atomic mass is 10.2. The Bertz CT molecular complexity index is 694. The fraction of sp³-hybridized carbons (Fsp3) is 0.125. The largest absolute Gasteiger partial charge is 0.365 e. The van der Waals surface area contributed by atoms with Crippen LogP contribution >= 0.6 is 0 Å². The molecule has 0 aromatic heterocycles. The van der Waals surface area contributed by atoms with Gasteiger partial charge < -0.3 is 10.2 Å². The van der Waals surface area contributed by atoms with Crippen LogP contribution in [-0.4, -0.2) is 19.5 Å². The summed E-state index contributed by atoms with van der Waals surface area (Å²) >= 11 is 0. The number of carbonyl (C=O) groups is 1. The number of carbonyl (C=O) groups excluding carboxylic acids is 1. The van der Waals surface area contributed by atoms with Gasteiger partial charge in [-0.15, -0.1) is 0 Å². The van der Waals surface area contributed by atoms with Gasteiger partial charge in [0.15, 0.2) is 0 Å². The standard InChI is InChI=1S/C16H14FN3O/c1-20(14-7-4-6-13(17)9-14)11-16(21)19-15-8-3-2-5-12(15)10-18/h2-9H,11H2,1H3,(H,19,21). The first-order valence-electron chi connectivity index (χ1n) is 6.36. The number of hydrogen-bond donors (Lipinski definition) is 1. The maximum Gasteiger partial charge on any atom is 0.243 e. The van der Waals surface area contributed by atoms with E-state index >= 15 is 0 Å². The Morgan fingerprint density at radius 3 is 2.76 bits per heavy atom. The number of nitrogens with zero attached hydrogens (tertiary/aromatic N) is 2. The van der Waals surface area contributed by atoms with E-state index in [1.807, 2.05) is 6.07 Å². The van der Waals surface area contributed by atoms with Gasteiger partial charge >= 0.3 is 0 Å². The smallest absolute Gasteiger partial charge is 0.243 e. The summed E-state index contributed by atoms with van der Waals surface area (Å²) in [6.45, 7) is 0.0587. The normalized spacial score (nSPS) is 9.76. The van der Waals surface area contributed by atoms with Gasteiger partial charge in [-0.3, -0.25) is 4.79 Å². The minimum absolute atomic E-state index is 0.0587. The number of amides is 1. The number of para-hydroxylation sites is 1. The van der Waals surface area contributed by atoms with Crippen LogP contribution in [0.2, 0.25) is 0 Å². The highest BCUT2D eigenvalue weighted by atomic mass is 19.1. The van der Waals surface area contributed by atoms with Crippen molar-refractivity contribution in [2.75, 3.05) is 23.8 Å². The Balaban J connectivity index is 2.03. The number of benzene rings is 2. The molecular weight excluding hydrogens is 269 g/mol. The minimum atomic E-state index is -0.352. The highest BCUT2D eigenvalue weighted by Crippen LogP contribution is 2.15. The molecule has 1 N–H and O–H groups in total. The van der Waals surface area contributed by atoms with Crippen molar-refractivity contribution < 1.29 is 9.18 Å². The topological polar surface area (TPSA) is 56.1 Å². The molecule has 0 aliphatic rings. The minimum Gasteiger partial charge on any atom is -0.365 e. The number of nitriles is 1. The predicted molar refractivity (Wildman–Crippen MR) is 79.5 cm³/mol. The van der Waals surface area contributed by atoms with Crippen molar-refractivity contribution >= 4 is 17.3 Å². The third-order valence-electron chi connectivity index (χ3n) is 2.95. The van der Waals surface area contributed by atoms with E-state index in [9.17, 15) is 9.18 Å². The quantitative estimate of drug-likeness (QED) is 0.938. The number of halogens is 1. The molecule has 5 heteroatoms. The van der Waals surface area contributed by atoms with Crippen LogP contribution in [0.1, 0.15) is 5.56 Å². The Hall–Kier alpha value is -2.87. The Kier molecular flexibility index (Phi) is 4.52. The number of anilines is 2. The highest BCUT2D eigenvalue weighted by molar-refractivity contribution is 5.95. The summed E-state index contributed by atoms with van der Waals surface area (Å²) in [6.07, 6.45) is 0. The lowest BCUT2D eigenvalue weighted by molar-refractivity contribution is -0.114. The van der Waals surface area contributed by atoms with Gasteiger partial charge in [-0.25, -0.2) is 4.39 Å². The van der Waals surface area contributed by atoms with E-state index in [0.717, 1.165) is 0 Å². The molecule has 2 aromatic rings. The van der Waals surface area contributed by atoms with Gasteiger partial charge in [-0.05, 0) is 30.3 Å². The summed E-state index contributed by atoms with van der Waals surface area (Å²) in [5, 5.41) is 11.6. The van der Waals surface area contributed by atoms with Gasteiger partial charge in [0.1, 0.15) is 11.9 Å². The SMILES string of the molecule is CN(CC(=O)Nc1ccccc1C#N)c1cccc(F)c1. The molecule has 0 radical (unpaired) electrons. The molecule has 0 saturated carbocycles. The van der Waals surface area contributed by atoms with Crippen molar-refractivity contribution in [3.63, 3.8) is 0 Å². The van der Waals surface area contributed by atoms with E-state index < -0.39 is 0 Å². The molecule has 0 aliphatic heterocycles. The maximum atomic E-state index is 13.1. The van der Waals surface area contributed by atoms with Crippen LogP contribution in [0.4, 0.5) is 15.8 Å². The predicted octanol–water partition coefficient (Wildman–Crippen LogP) is 2.77. The molecule has 2 aromatic carbocycles. The van der Waals surface area contributed by atoms with Crippen molar-refractivity contribution in [1.82, 2.24) is 0 Å². The maximum absolute atomic E-state index is 13.1. The molecule has 0 atom stereocenters. The van der Waals surface area contributed by atoms with Crippen molar-refractivity contribution in [2.24, 2.45) is 0 Å². The Morgan fingerprint density at radius 2 is 2.05 bits per heavy atom. The van der Waals surface area contributed by atoms with Crippen LogP contribution in [0.15, 0.2) is 48.5 Å². The summed E-state index contributed by atoms with van der Waals surface area (Å²) in [6, 6.07) is 14.8. The van der Waals surface area contributed by atoms with E-state index in [2.05, 4.69) is 5.32 Å². The van der Waals surface area contributed by atoms with Crippen LogP contribution in [-0.2, 0) is 4.79 Å². The molecule has 0 unspecified atom stereocenters. The van der Waals surface area contributed by atoms with Crippen LogP contribution in [0.25, 0.3) is 0 Å². The molecule has 0 aliphatic carbocycles. The Morgan fingerprint density at radius 1 is 1.29 bits per heavy atom. The zero-order valence-corrected chi connectivity index (χ0v) is 11.5. The molecule has 4 nitrogen and oxygen atoms in total. The zero-order chi connectivity index (χ0) is 15.2. The van der Waals surface area contributed by atoms with E-state index in [4.69, 9.17) is 5.26 Å². The summed E-state index contributed by atoms with van der Waals surface area (Å²) in [7, 11) is 1.70. The Labute approximate surface area is 122 Å². The number of hydrogen-bond acceptors (Lipinski definition) is 3. The second-order valence-corrected chi connectivity index (χ2v) is 4.54. The van der Waals surface area contributed by atoms with Gasteiger partial charge in [0.25, 0.3) is 0 Å². The lowest BCUT2D eigenvalue weighted by Crippen LogP contribution is -2.30. The summed E-state index contributed by atoms with van der Waals surface area (Å²) in [5.41, 5.74) is 1.48. The van der Waals surface area contributed by atoms with Crippen LogP contribution in [0, 0.1) is 17.1 Å². The zero-order valence-electron chi connectivity index (χ0n) is 11.5. The van der Waals surface area contributed by atoms with E-state index in [1.54, 1.807) is 48.3 Å². The molecule has 0 saturated heterocycles. The van der Waals surface area contributed by atoms with Gasteiger partial charge in [-0.1, -0.05) is 18.2 Å². The monoisotopic (exact) mass is 283 g/mol. The van der Waals surface area contributed by atoms with E-state index in [-0.39, 0.29) is 18.3 Å². The van der Waals surface area contributed by atoms with Crippen molar-refractivity contribution in [3.05, 3.63) is 59.9 Å². The number of nitrogens with one attached hydrogen (secondary N) is 1. The van der Waals surface area contributed by atoms with Crippen molar-refractivity contribution in [3.8, 4) is 6.07 Å². The lowest BCUT2D eigenvalue weighted by Gasteiger charge is -2.19. The number of rotatable bonds is 4. The molecule has 0 spiro atoms. The van der Waals surface area contributed by atoms with Crippen LogP contribution in [0.5, 0.6) is 0 Å². The van der Waals surface area contributed by atoms with Gasteiger partial charge in [0.05, 0.1) is 17.8 Å². The molecular formula is C16H14FN3O. The third kappa shape index (κ3) is 3.80. The van der Waals surface area contributed by atoms with Crippen molar-refractivity contribution in [2.45, 2.75) is 0 Å². The molecule has 106 valence electrons. The first-order valence-corrected chi connectivity index (χ1v) is 6.36. The van der Waals surface area contributed by atoms with Crippen molar-refractivity contribution in [1.29, 1.82) is 5.26 Å². The summed E-state index contributed by atoms with van der Waals surface area (Å²) in [5.74, 6) is -0.626. The van der Waals surface area contributed by atoms with Crippen LogP contribution in [0.3, 0.4) is 0 Å². The second kappa shape index (κ2) is 6.53. The molecule has 2 rings (SSSR count). The third-order valence-corrected chi connectivity index (χ3v) is 2.95. The van der Waals surface area contributed by atoms with E-state index in [0.29, 0.717) is 16.9 Å². The highest BCUT2D eigenvalue weighted by Gasteiger charge is 2.10. The molecule has 0 heterocycles. The molecule has 0 bridgehead atoms. The van der Waals surface area contributed by atoms with Gasteiger partial charge in [0.2, 0.25) is 5.91 Å². The average Bonchev–Trinajstić information content (AvgIpc) is 2.47. The summed E-state index contributed by atoms with van der Waals surface area (Å²) < 4.78 is 13.1. The number of likely N-dealkylation sites (N-methyl/N-ethyl adjacent to an activating group) is 1. The first kappa shape index (κ1) is 14.5. The summed E-state index contributed by atoms with van der Waals surface area (Å²) in [4.78, 5) is 13.6. The molecule has 0 fully saturated rings. The fourth-order valence-corrected chi connectivity index (χ4v) is 1.90. The molecule has 21 heavy (non-hydrogen) atoms. The van der Waals surface area contributed by atoms with E-state index in [1.165, 1.54) is 12.1 Å². The second-order valence-electron chi connectivity index (χ2n) is 4.54. The molecule has 1 amide bonds. The average molecular weight is 283 g/mol. The first-order chi connectivity index (χ1) is 10.1. The fourth-order valence-electron chi connectivity index (χ4n) is 1.90.